The molecule has 5 heterocycles. The van der Waals surface area contributed by atoms with Gasteiger partial charge in [-0.2, -0.15) is 0 Å². The molecule has 0 bridgehead atoms. The highest BCUT2D eigenvalue weighted by molar-refractivity contribution is 5.91. The van der Waals surface area contributed by atoms with Gasteiger partial charge in [0.25, 0.3) is 0 Å². The van der Waals surface area contributed by atoms with Gasteiger partial charge in [0.2, 0.25) is 18.2 Å². The first-order chi connectivity index (χ1) is 27.1. The van der Waals surface area contributed by atoms with Crippen molar-refractivity contribution >= 4 is 46.3 Å². The third-order valence-electron chi connectivity index (χ3n) is 11.4. The van der Waals surface area contributed by atoms with Gasteiger partial charge in [0.15, 0.2) is 5.65 Å². The molecule has 56 heavy (non-hydrogen) atoms. The van der Waals surface area contributed by atoms with E-state index in [-0.39, 0.29) is 29.8 Å². The lowest BCUT2D eigenvalue weighted by Gasteiger charge is -2.30. The van der Waals surface area contributed by atoms with Crippen LogP contribution in [-0.4, -0.2) is 105 Å². The van der Waals surface area contributed by atoms with Crippen LogP contribution in [0.15, 0.2) is 54.7 Å². The van der Waals surface area contributed by atoms with Crippen LogP contribution in [0.2, 0.25) is 0 Å². The molecule has 2 fully saturated rings. The molecule has 2 aliphatic heterocycles. The molecule has 3 aromatic heterocycles. The van der Waals surface area contributed by atoms with Gasteiger partial charge in [0.1, 0.15) is 23.7 Å². The predicted octanol–water partition coefficient (Wildman–Crippen LogP) is 5.42. The summed E-state index contributed by atoms with van der Waals surface area (Å²) in [6.45, 7) is 6.87. The minimum Gasteiger partial charge on any atom is -0.453 e. The second kappa shape index (κ2) is 16.5. The van der Waals surface area contributed by atoms with Crippen LogP contribution in [0, 0.1) is 5.92 Å². The van der Waals surface area contributed by atoms with Crippen LogP contribution < -0.4 is 10.6 Å². The minimum atomic E-state index is -0.900. The fourth-order valence-electron chi connectivity index (χ4n) is 7.93. The van der Waals surface area contributed by atoms with Gasteiger partial charge in [0.05, 0.1) is 48.4 Å². The van der Waals surface area contributed by atoms with Gasteiger partial charge in [0, 0.05) is 31.3 Å². The molecule has 15 nitrogen and oxygen atoms in total. The molecule has 6 atom stereocenters. The molecule has 0 saturated carbocycles. The van der Waals surface area contributed by atoms with Crippen LogP contribution in [0.25, 0.3) is 44.5 Å². The Hall–Kier alpha value is -5.83. The van der Waals surface area contributed by atoms with Crippen molar-refractivity contribution in [3.8, 4) is 22.5 Å². The van der Waals surface area contributed by atoms with Crippen LogP contribution in [0.1, 0.15) is 76.6 Å². The molecule has 2 aliphatic rings. The van der Waals surface area contributed by atoms with E-state index in [4.69, 9.17) is 19.4 Å². The molecule has 4 N–H and O–H groups in total. The Morgan fingerprint density at radius 2 is 1.54 bits per heavy atom. The summed E-state index contributed by atoms with van der Waals surface area (Å²) in [4.78, 5) is 75.5. The SMILES string of the molecule is CC[C@H](C)[C@H](NC=O)C(=O)N1CCC[C@H]1c1nc2nc(-c3ccc4cc(-c5cnc([C@@H]6CCCN6C(=O)[C@@H](NC(=O)OC)[C@@H](C)OC)[nH]5)ccc4c3)ccc2[nH]1. The van der Waals surface area contributed by atoms with Crippen LogP contribution in [0.5, 0.6) is 0 Å². The summed E-state index contributed by atoms with van der Waals surface area (Å²) in [5.41, 5.74) is 4.90. The normalized spacial score (nSPS) is 19.2. The van der Waals surface area contributed by atoms with Crippen LogP contribution in [-0.2, 0) is 23.9 Å². The molecular weight excluding hydrogens is 715 g/mol. The van der Waals surface area contributed by atoms with Gasteiger partial charge in [-0.3, -0.25) is 14.4 Å². The van der Waals surface area contributed by atoms with E-state index in [1.165, 1.54) is 14.2 Å². The van der Waals surface area contributed by atoms with Crippen LogP contribution in [0.3, 0.4) is 0 Å². The van der Waals surface area contributed by atoms with Crippen molar-refractivity contribution in [3.63, 3.8) is 0 Å². The maximum atomic E-state index is 13.7. The number of amides is 4. The third-order valence-corrected chi connectivity index (χ3v) is 11.4. The molecule has 2 aromatic carbocycles. The van der Waals surface area contributed by atoms with Crippen molar-refractivity contribution in [2.75, 3.05) is 27.3 Å². The fraction of sp³-hybridized carbons (Fsp3) is 0.439. The quantitative estimate of drug-likeness (QED) is 0.114. The number of imidazole rings is 2. The molecule has 0 aliphatic carbocycles. The van der Waals surface area contributed by atoms with Crippen molar-refractivity contribution < 1.29 is 28.7 Å². The summed E-state index contributed by atoms with van der Waals surface area (Å²) in [5.74, 6) is 1.06. The standard InChI is InChI=1S/C41H49N9O6/c1-6-23(2)34(43-22-51)39(52)50-18-8-10-33(50)38-45-30-16-15-29(44-36(30)48-38)27-13-11-26-20-28(14-12-25(26)19-27)31-21-42-37(46-31)32-9-7-17-49(32)40(53)35(24(3)55-4)47-41(54)56-5/h11-16,19-24,32-35H,6-10,17-18H2,1-5H3,(H,42,46)(H,43,51)(H,47,54)(H,44,45,48)/t23-,24+,32-,33-,34-,35-/m0/s1. The number of rotatable bonds is 13. The summed E-state index contributed by atoms with van der Waals surface area (Å²) >= 11 is 0. The van der Waals surface area contributed by atoms with Gasteiger partial charge in [-0.05, 0) is 73.6 Å². The number of hydrogen-bond donors (Lipinski definition) is 4. The Morgan fingerprint density at radius 3 is 2.20 bits per heavy atom. The van der Waals surface area contributed by atoms with E-state index in [9.17, 15) is 19.2 Å². The number of nitrogens with zero attached hydrogens (tertiary/aromatic N) is 5. The average molecular weight is 764 g/mol. The monoisotopic (exact) mass is 763 g/mol. The van der Waals surface area contributed by atoms with Gasteiger partial charge >= 0.3 is 6.09 Å². The van der Waals surface area contributed by atoms with E-state index in [1.807, 2.05) is 43.0 Å². The number of alkyl carbamates (subject to hydrolysis) is 1. The largest absolute Gasteiger partial charge is 0.453 e. The molecular formula is C41H49N9O6. The van der Waals surface area contributed by atoms with Crippen LogP contribution in [0.4, 0.5) is 4.79 Å². The first kappa shape index (κ1) is 38.4. The highest BCUT2D eigenvalue weighted by Gasteiger charge is 2.39. The third kappa shape index (κ3) is 7.55. The van der Waals surface area contributed by atoms with Crippen molar-refractivity contribution in [2.45, 2.75) is 83.1 Å². The van der Waals surface area contributed by atoms with Crippen LogP contribution >= 0.6 is 0 Å². The molecule has 15 heteroatoms. The number of pyridine rings is 1. The Kier molecular flexibility index (Phi) is 11.3. The number of aromatic nitrogens is 5. The number of ether oxygens (including phenoxy) is 2. The van der Waals surface area contributed by atoms with Gasteiger partial charge in [-0.15, -0.1) is 0 Å². The number of fused-ring (bicyclic) bond motifs is 2. The van der Waals surface area contributed by atoms with Crippen molar-refractivity contribution in [2.24, 2.45) is 5.92 Å². The van der Waals surface area contributed by atoms with E-state index < -0.39 is 24.3 Å². The number of carbonyl (C=O) groups excluding carboxylic acids is 4. The maximum Gasteiger partial charge on any atom is 0.407 e. The van der Waals surface area contributed by atoms with E-state index in [1.54, 1.807) is 18.0 Å². The zero-order valence-electron chi connectivity index (χ0n) is 32.4. The summed E-state index contributed by atoms with van der Waals surface area (Å²) < 4.78 is 10.2. The van der Waals surface area contributed by atoms with E-state index in [0.29, 0.717) is 36.8 Å². The topological polar surface area (TPSA) is 188 Å². The first-order valence-electron chi connectivity index (χ1n) is 19.3. The highest BCUT2D eigenvalue weighted by Crippen LogP contribution is 2.35. The summed E-state index contributed by atoms with van der Waals surface area (Å²) in [6.07, 6.45) is 5.10. The summed E-state index contributed by atoms with van der Waals surface area (Å²) in [7, 11) is 2.76. The zero-order valence-corrected chi connectivity index (χ0v) is 32.4. The van der Waals surface area contributed by atoms with Crippen molar-refractivity contribution in [3.05, 3.63) is 66.4 Å². The average Bonchev–Trinajstić information content (AvgIpc) is 4.06. The number of likely N-dealkylation sites (tertiary alicyclic amines) is 2. The number of benzene rings is 2. The lowest BCUT2D eigenvalue weighted by Crippen LogP contribution is -2.54. The predicted molar refractivity (Wildman–Crippen MR) is 210 cm³/mol. The molecule has 7 rings (SSSR count). The van der Waals surface area contributed by atoms with Gasteiger partial charge < -0.3 is 39.9 Å². The second-order valence-corrected chi connectivity index (χ2v) is 14.7. The van der Waals surface area contributed by atoms with E-state index in [2.05, 4.69) is 49.9 Å². The second-order valence-electron chi connectivity index (χ2n) is 14.7. The number of hydrogen-bond acceptors (Lipinski definition) is 9. The number of carbonyl (C=O) groups is 4. The summed E-state index contributed by atoms with van der Waals surface area (Å²) in [5, 5.41) is 7.45. The molecule has 294 valence electrons. The van der Waals surface area contributed by atoms with Gasteiger partial charge in [-0.1, -0.05) is 44.5 Å². The molecule has 2 saturated heterocycles. The van der Waals surface area contributed by atoms with Crippen molar-refractivity contribution in [1.82, 2.24) is 45.4 Å². The van der Waals surface area contributed by atoms with E-state index in [0.717, 1.165) is 70.9 Å². The Morgan fingerprint density at radius 1 is 0.875 bits per heavy atom. The Bertz CT molecular complexity index is 2240. The first-order valence-corrected chi connectivity index (χ1v) is 19.3. The fourth-order valence-corrected chi connectivity index (χ4v) is 7.93. The van der Waals surface area contributed by atoms with Crippen molar-refractivity contribution in [1.29, 1.82) is 0 Å². The lowest BCUT2D eigenvalue weighted by atomic mass is 9.97. The molecule has 4 amide bonds. The van der Waals surface area contributed by atoms with Gasteiger partial charge in [-0.25, -0.2) is 19.7 Å². The molecule has 5 aromatic rings. The number of methoxy groups -OCH3 is 2. The summed E-state index contributed by atoms with van der Waals surface area (Å²) in [6, 6.07) is 14.4. The smallest absolute Gasteiger partial charge is 0.407 e. The number of aromatic amines is 2. The maximum absolute atomic E-state index is 13.7. The molecule has 0 radical (unpaired) electrons. The number of H-pyrrole nitrogens is 2. The molecule has 0 unspecified atom stereocenters. The Balaban J connectivity index is 1.07. The zero-order chi connectivity index (χ0) is 39.5. The lowest BCUT2D eigenvalue weighted by molar-refractivity contribution is -0.138. The molecule has 0 spiro atoms. The Labute approximate surface area is 324 Å². The number of nitrogens with one attached hydrogen (secondary N) is 4. The van der Waals surface area contributed by atoms with E-state index >= 15 is 0 Å². The highest BCUT2D eigenvalue weighted by atomic mass is 16.5. The minimum absolute atomic E-state index is 0.0107.